The van der Waals surface area contributed by atoms with Crippen LogP contribution in [0, 0.1) is 0 Å². The van der Waals surface area contributed by atoms with Crippen molar-refractivity contribution in [3.8, 4) is 17.2 Å². The van der Waals surface area contributed by atoms with Crippen LogP contribution < -0.4 is 24.8 Å². The highest BCUT2D eigenvalue weighted by Gasteiger charge is 2.17. The second kappa shape index (κ2) is 10.9. The number of amides is 2. The summed E-state index contributed by atoms with van der Waals surface area (Å²) >= 11 is 0. The van der Waals surface area contributed by atoms with E-state index in [1.165, 1.54) is 39.0 Å². The van der Waals surface area contributed by atoms with Gasteiger partial charge in [0.25, 0.3) is 5.91 Å². The minimum absolute atomic E-state index is 0.000725. The Hall–Kier alpha value is -3.22. The third-order valence-corrected chi connectivity index (χ3v) is 4.45. The van der Waals surface area contributed by atoms with Crippen molar-refractivity contribution in [2.24, 2.45) is 0 Å². The highest BCUT2D eigenvalue weighted by Crippen LogP contribution is 2.38. The Morgan fingerprint density at radius 3 is 2.14 bits per heavy atom. The third-order valence-electron chi connectivity index (χ3n) is 4.45. The molecule has 0 bridgehead atoms. The molecule has 29 heavy (non-hydrogen) atoms. The molecule has 0 heterocycles. The van der Waals surface area contributed by atoms with Crippen molar-refractivity contribution < 1.29 is 23.8 Å². The SMILES string of the molecule is COc1cc(C(=O)NCC(=O)N[C@H](C)CCc2ccccc2)cc(OC)c1OC. The summed E-state index contributed by atoms with van der Waals surface area (Å²) in [6.45, 7) is 1.83. The van der Waals surface area contributed by atoms with Crippen LogP contribution in [0.15, 0.2) is 42.5 Å². The van der Waals surface area contributed by atoms with E-state index in [1.54, 1.807) is 0 Å². The lowest BCUT2D eigenvalue weighted by molar-refractivity contribution is -0.120. The van der Waals surface area contributed by atoms with Crippen molar-refractivity contribution in [1.82, 2.24) is 10.6 Å². The maximum absolute atomic E-state index is 12.4. The van der Waals surface area contributed by atoms with Gasteiger partial charge in [0.15, 0.2) is 11.5 Å². The largest absolute Gasteiger partial charge is 0.493 e. The lowest BCUT2D eigenvalue weighted by atomic mass is 10.1. The minimum atomic E-state index is -0.406. The number of nitrogens with one attached hydrogen (secondary N) is 2. The Morgan fingerprint density at radius 1 is 0.966 bits per heavy atom. The average molecular weight is 400 g/mol. The Kier molecular flexibility index (Phi) is 8.33. The summed E-state index contributed by atoms with van der Waals surface area (Å²) in [6.07, 6.45) is 1.69. The summed E-state index contributed by atoms with van der Waals surface area (Å²) in [4.78, 5) is 24.6. The molecule has 0 aliphatic rings. The number of aryl methyl sites for hydroxylation is 1. The Bertz CT molecular complexity index is 798. The van der Waals surface area contributed by atoms with E-state index >= 15 is 0 Å². The number of carbonyl (C=O) groups is 2. The fraction of sp³-hybridized carbons (Fsp3) is 0.364. The molecule has 0 radical (unpaired) electrons. The van der Waals surface area contributed by atoms with Gasteiger partial charge >= 0.3 is 0 Å². The van der Waals surface area contributed by atoms with Crippen LogP contribution in [0.3, 0.4) is 0 Å². The number of hydrogen-bond donors (Lipinski definition) is 2. The number of methoxy groups -OCH3 is 3. The van der Waals surface area contributed by atoms with E-state index in [2.05, 4.69) is 22.8 Å². The molecule has 2 aromatic carbocycles. The van der Waals surface area contributed by atoms with Crippen molar-refractivity contribution in [3.05, 3.63) is 53.6 Å². The van der Waals surface area contributed by atoms with Crippen molar-refractivity contribution in [3.63, 3.8) is 0 Å². The van der Waals surface area contributed by atoms with Gasteiger partial charge < -0.3 is 24.8 Å². The van der Waals surface area contributed by atoms with Crippen LogP contribution >= 0.6 is 0 Å². The minimum Gasteiger partial charge on any atom is -0.493 e. The monoisotopic (exact) mass is 400 g/mol. The number of benzene rings is 2. The molecular formula is C22H28N2O5. The van der Waals surface area contributed by atoms with E-state index in [0.717, 1.165) is 12.8 Å². The molecule has 1 atom stereocenters. The maximum Gasteiger partial charge on any atom is 0.251 e. The molecule has 2 N–H and O–H groups in total. The van der Waals surface area contributed by atoms with Gasteiger partial charge in [-0.05, 0) is 37.5 Å². The van der Waals surface area contributed by atoms with E-state index < -0.39 is 5.91 Å². The van der Waals surface area contributed by atoms with Gasteiger partial charge in [-0.2, -0.15) is 0 Å². The molecule has 7 nitrogen and oxygen atoms in total. The predicted octanol–water partition coefficient (Wildman–Crippen LogP) is 2.58. The zero-order valence-electron chi connectivity index (χ0n) is 17.3. The fourth-order valence-corrected chi connectivity index (χ4v) is 2.90. The molecule has 2 aromatic rings. The van der Waals surface area contributed by atoms with Gasteiger partial charge in [-0.1, -0.05) is 30.3 Å². The predicted molar refractivity (Wildman–Crippen MR) is 111 cm³/mol. The van der Waals surface area contributed by atoms with Gasteiger partial charge in [-0.25, -0.2) is 0 Å². The maximum atomic E-state index is 12.4. The number of ether oxygens (including phenoxy) is 3. The first kappa shape index (κ1) is 22.1. The molecule has 156 valence electrons. The van der Waals surface area contributed by atoms with Crippen LogP contribution in [0.5, 0.6) is 17.2 Å². The summed E-state index contributed by atoms with van der Waals surface area (Å²) in [5, 5.41) is 5.51. The summed E-state index contributed by atoms with van der Waals surface area (Å²) in [7, 11) is 4.44. The summed E-state index contributed by atoms with van der Waals surface area (Å²) < 4.78 is 15.7. The van der Waals surface area contributed by atoms with E-state index in [4.69, 9.17) is 14.2 Å². The van der Waals surface area contributed by atoms with E-state index in [0.29, 0.717) is 22.8 Å². The van der Waals surface area contributed by atoms with E-state index in [9.17, 15) is 9.59 Å². The number of carbonyl (C=O) groups excluding carboxylic acids is 2. The smallest absolute Gasteiger partial charge is 0.251 e. The van der Waals surface area contributed by atoms with Crippen LogP contribution in [-0.2, 0) is 11.2 Å². The lowest BCUT2D eigenvalue weighted by Crippen LogP contribution is -2.41. The first-order chi connectivity index (χ1) is 14.0. The van der Waals surface area contributed by atoms with Gasteiger partial charge in [-0.15, -0.1) is 0 Å². The molecular weight excluding hydrogens is 372 g/mol. The zero-order valence-corrected chi connectivity index (χ0v) is 17.3. The van der Waals surface area contributed by atoms with Gasteiger partial charge in [-0.3, -0.25) is 9.59 Å². The summed E-state index contributed by atoms with van der Waals surface area (Å²) in [6, 6.07) is 13.2. The molecule has 0 aliphatic heterocycles. The fourth-order valence-electron chi connectivity index (χ4n) is 2.90. The molecule has 0 fully saturated rings. The highest BCUT2D eigenvalue weighted by molar-refractivity contribution is 5.97. The van der Waals surface area contributed by atoms with Gasteiger partial charge in [0, 0.05) is 11.6 Å². The van der Waals surface area contributed by atoms with Crippen molar-refractivity contribution in [2.75, 3.05) is 27.9 Å². The second-order valence-electron chi connectivity index (χ2n) is 6.59. The summed E-state index contributed by atoms with van der Waals surface area (Å²) in [5.74, 6) is 0.492. The Labute approximate surface area is 171 Å². The van der Waals surface area contributed by atoms with Crippen LogP contribution in [0.1, 0.15) is 29.3 Å². The molecule has 0 aliphatic carbocycles. The molecule has 0 saturated carbocycles. The van der Waals surface area contributed by atoms with Gasteiger partial charge in [0.2, 0.25) is 11.7 Å². The first-order valence-corrected chi connectivity index (χ1v) is 9.40. The highest BCUT2D eigenvalue weighted by atomic mass is 16.5. The number of rotatable bonds is 10. The quantitative estimate of drug-likeness (QED) is 0.640. The van der Waals surface area contributed by atoms with Gasteiger partial charge in [0.05, 0.1) is 27.9 Å². The molecule has 7 heteroatoms. The molecule has 0 saturated heterocycles. The van der Waals surface area contributed by atoms with Crippen molar-refractivity contribution in [2.45, 2.75) is 25.8 Å². The number of hydrogen-bond acceptors (Lipinski definition) is 5. The Morgan fingerprint density at radius 2 is 1.59 bits per heavy atom. The lowest BCUT2D eigenvalue weighted by Gasteiger charge is -2.15. The molecule has 0 aromatic heterocycles. The van der Waals surface area contributed by atoms with E-state index in [-0.39, 0.29) is 18.5 Å². The Balaban J connectivity index is 1.87. The first-order valence-electron chi connectivity index (χ1n) is 9.40. The van der Waals surface area contributed by atoms with Gasteiger partial charge in [0.1, 0.15) is 0 Å². The van der Waals surface area contributed by atoms with Crippen LogP contribution in [-0.4, -0.2) is 45.7 Å². The average Bonchev–Trinajstić information content (AvgIpc) is 2.75. The normalized spacial score (nSPS) is 11.3. The standard InChI is InChI=1S/C22H28N2O5/c1-15(10-11-16-8-6-5-7-9-16)24-20(25)14-23-22(26)17-12-18(27-2)21(29-4)19(13-17)28-3/h5-9,12-13,15H,10-11,14H2,1-4H3,(H,23,26)(H,24,25)/t15-/m1/s1. The molecule has 2 rings (SSSR count). The molecule has 2 amide bonds. The van der Waals surface area contributed by atoms with Crippen LogP contribution in [0.2, 0.25) is 0 Å². The second-order valence-corrected chi connectivity index (χ2v) is 6.59. The molecule has 0 unspecified atom stereocenters. The van der Waals surface area contributed by atoms with Crippen LogP contribution in [0.4, 0.5) is 0 Å². The molecule has 0 spiro atoms. The van der Waals surface area contributed by atoms with E-state index in [1.807, 2.05) is 25.1 Å². The summed E-state index contributed by atoms with van der Waals surface area (Å²) in [5.41, 5.74) is 1.54. The zero-order chi connectivity index (χ0) is 21.2. The van der Waals surface area contributed by atoms with Crippen molar-refractivity contribution in [1.29, 1.82) is 0 Å². The van der Waals surface area contributed by atoms with Crippen molar-refractivity contribution >= 4 is 11.8 Å². The topological polar surface area (TPSA) is 85.9 Å². The third kappa shape index (κ3) is 6.41. The van der Waals surface area contributed by atoms with Crippen LogP contribution in [0.25, 0.3) is 0 Å².